The lowest BCUT2D eigenvalue weighted by molar-refractivity contribution is 0.224. The summed E-state index contributed by atoms with van der Waals surface area (Å²) in [5, 5.41) is 9.14. The Bertz CT molecular complexity index is 1320. The van der Waals surface area contributed by atoms with Crippen LogP contribution in [0.3, 0.4) is 0 Å². The smallest absolute Gasteiger partial charge is 0.158 e. The fourth-order valence-corrected chi connectivity index (χ4v) is 5.13. The molecule has 34 heavy (non-hydrogen) atoms. The highest BCUT2D eigenvalue weighted by atomic mass is 79.9. The average Bonchev–Trinajstić information content (AvgIpc) is 3.38. The maximum atomic E-state index is 14.4. The van der Waals surface area contributed by atoms with Crippen LogP contribution in [0, 0.1) is 5.82 Å². The van der Waals surface area contributed by atoms with Crippen LogP contribution < -0.4 is 4.74 Å². The van der Waals surface area contributed by atoms with Crippen LogP contribution in [0.25, 0.3) is 11.4 Å². The highest BCUT2D eigenvalue weighted by Crippen LogP contribution is 2.34. The normalized spacial score (nSPS) is 12.2. The van der Waals surface area contributed by atoms with Gasteiger partial charge in [0, 0.05) is 27.7 Å². The number of hydrogen-bond donors (Lipinski definition) is 0. The summed E-state index contributed by atoms with van der Waals surface area (Å²) in [5.74, 6) is 0.992. The van der Waals surface area contributed by atoms with E-state index in [4.69, 9.17) is 16.3 Å². The van der Waals surface area contributed by atoms with Gasteiger partial charge in [-0.2, -0.15) is 10.2 Å². The average molecular weight is 612 g/mol. The largest absolute Gasteiger partial charge is 0.486 e. The van der Waals surface area contributed by atoms with Crippen molar-refractivity contribution in [1.82, 2.24) is 24.5 Å². The topological polar surface area (TPSA) is 57.8 Å². The zero-order valence-electron chi connectivity index (χ0n) is 18.9. The molecular formula is C24H23Br2ClFN5O. The number of aromatic nitrogens is 5. The Morgan fingerprint density at radius 2 is 1.91 bits per heavy atom. The van der Waals surface area contributed by atoms with Crippen molar-refractivity contribution in [2.45, 2.75) is 46.4 Å². The lowest BCUT2D eigenvalue weighted by Gasteiger charge is -2.20. The molecule has 0 fully saturated rings. The van der Waals surface area contributed by atoms with Crippen LogP contribution in [0.5, 0.6) is 5.75 Å². The van der Waals surface area contributed by atoms with Gasteiger partial charge < -0.3 is 4.74 Å². The Morgan fingerprint density at radius 3 is 2.62 bits per heavy atom. The van der Waals surface area contributed by atoms with E-state index < -0.39 is 6.10 Å². The second-order valence-corrected chi connectivity index (χ2v) is 9.74. The van der Waals surface area contributed by atoms with Crippen LogP contribution in [0.15, 0.2) is 51.8 Å². The number of aryl methyl sites for hydroxylation is 2. The molecular weight excluding hydrogens is 589 g/mol. The lowest BCUT2D eigenvalue weighted by Crippen LogP contribution is -2.10. The minimum Gasteiger partial charge on any atom is -0.486 e. The summed E-state index contributed by atoms with van der Waals surface area (Å²) in [6.07, 6.45) is 1.86. The Kier molecular flexibility index (Phi) is 7.74. The molecule has 4 rings (SSSR count). The van der Waals surface area contributed by atoms with Crippen LogP contribution in [0.1, 0.15) is 43.6 Å². The van der Waals surface area contributed by atoms with Gasteiger partial charge in [-0.1, -0.05) is 40.5 Å². The molecule has 0 amide bonds. The Hall–Kier alpha value is -2.23. The molecule has 4 aromatic rings. The van der Waals surface area contributed by atoms with Crippen LogP contribution in [-0.2, 0) is 19.5 Å². The number of rotatable bonds is 8. The molecule has 0 aliphatic heterocycles. The van der Waals surface area contributed by atoms with Gasteiger partial charge in [0.2, 0.25) is 0 Å². The lowest BCUT2D eigenvalue weighted by atomic mass is 10.0. The van der Waals surface area contributed by atoms with E-state index in [2.05, 4.69) is 54.0 Å². The Balaban J connectivity index is 1.71. The SMILES string of the molecule is CCc1ccc(Br)cc1OC(C)c1cc(F)ccc1-c1ncnn1Cc1c(Cl)nn(CC)c1Br. The van der Waals surface area contributed by atoms with Crippen LogP contribution >= 0.6 is 43.5 Å². The van der Waals surface area contributed by atoms with E-state index in [1.54, 1.807) is 15.4 Å². The van der Waals surface area contributed by atoms with Gasteiger partial charge in [0.1, 0.15) is 28.6 Å². The molecule has 0 saturated heterocycles. The van der Waals surface area contributed by atoms with Crippen molar-refractivity contribution in [3.63, 3.8) is 0 Å². The molecule has 2 aromatic heterocycles. The molecule has 1 unspecified atom stereocenters. The first-order valence-electron chi connectivity index (χ1n) is 10.9. The minimum atomic E-state index is -0.436. The third-order valence-electron chi connectivity index (χ3n) is 5.56. The quantitative estimate of drug-likeness (QED) is 0.211. The van der Waals surface area contributed by atoms with Crippen molar-refractivity contribution in [3.8, 4) is 17.1 Å². The highest BCUT2D eigenvalue weighted by Gasteiger charge is 2.22. The minimum absolute atomic E-state index is 0.347. The highest BCUT2D eigenvalue weighted by molar-refractivity contribution is 9.10. The van der Waals surface area contributed by atoms with E-state index in [0.29, 0.717) is 29.6 Å². The first-order valence-corrected chi connectivity index (χ1v) is 12.8. The number of halogens is 4. The fourth-order valence-electron chi connectivity index (χ4n) is 3.79. The van der Waals surface area contributed by atoms with Crippen molar-refractivity contribution in [3.05, 3.63) is 79.5 Å². The molecule has 0 N–H and O–H groups in total. The fraction of sp³-hybridized carbons (Fsp3) is 0.292. The Morgan fingerprint density at radius 1 is 1.12 bits per heavy atom. The zero-order valence-corrected chi connectivity index (χ0v) is 22.8. The van der Waals surface area contributed by atoms with Crippen molar-refractivity contribution < 1.29 is 9.13 Å². The third kappa shape index (κ3) is 5.06. The van der Waals surface area contributed by atoms with Crippen LogP contribution in [0.2, 0.25) is 5.15 Å². The number of hydrogen-bond acceptors (Lipinski definition) is 4. The third-order valence-corrected chi connectivity index (χ3v) is 7.25. The van der Waals surface area contributed by atoms with Gasteiger partial charge in [-0.3, -0.25) is 4.68 Å². The standard InChI is InChI=1S/C24H23Br2ClFN5O/c1-4-15-6-7-16(25)10-21(15)34-14(3)19-11-17(28)8-9-18(19)24-29-13-30-33(24)12-20-22(26)32(5-2)31-23(20)27/h6-11,13-14H,4-5,12H2,1-3H3. The molecule has 0 radical (unpaired) electrons. The van der Waals surface area contributed by atoms with Crippen molar-refractivity contribution >= 4 is 43.5 Å². The summed E-state index contributed by atoms with van der Waals surface area (Å²) in [4.78, 5) is 4.48. The second-order valence-electron chi connectivity index (χ2n) is 7.71. The monoisotopic (exact) mass is 609 g/mol. The molecule has 0 aliphatic carbocycles. The molecule has 1 atom stereocenters. The summed E-state index contributed by atoms with van der Waals surface area (Å²) in [5.41, 5.74) is 3.27. The summed E-state index contributed by atoms with van der Waals surface area (Å²) in [7, 11) is 0. The molecule has 2 heterocycles. The van der Waals surface area contributed by atoms with E-state index >= 15 is 0 Å². The number of nitrogens with zero attached hydrogens (tertiary/aromatic N) is 5. The summed E-state index contributed by atoms with van der Waals surface area (Å²) in [6, 6.07) is 10.5. The van der Waals surface area contributed by atoms with Crippen LogP contribution in [0.4, 0.5) is 4.39 Å². The van der Waals surface area contributed by atoms with Gasteiger partial charge in [0.05, 0.1) is 6.54 Å². The molecule has 10 heteroatoms. The van der Waals surface area contributed by atoms with Gasteiger partial charge >= 0.3 is 0 Å². The van der Waals surface area contributed by atoms with Gasteiger partial charge in [0.25, 0.3) is 0 Å². The van der Waals surface area contributed by atoms with Crippen molar-refractivity contribution in [2.75, 3.05) is 0 Å². The van der Waals surface area contributed by atoms with Gasteiger partial charge in [0.15, 0.2) is 11.0 Å². The molecule has 0 aliphatic rings. The molecule has 0 bridgehead atoms. The molecule has 6 nitrogen and oxygen atoms in total. The summed E-state index contributed by atoms with van der Waals surface area (Å²) >= 11 is 13.5. The maximum absolute atomic E-state index is 14.4. The first-order chi connectivity index (χ1) is 16.3. The predicted molar refractivity (Wildman–Crippen MR) is 138 cm³/mol. The van der Waals surface area contributed by atoms with E-state index in [1.165, 1.54) is 18.5 Å². The van der Waals surface area contributed by atoms with E-state index in [-0.39, 0.29) is 5.82 Å². The number of benzene rings is 2. The zero-order chi connectivity index (χ0) is 24.4. The van der Waals surface area contributed by atoms with Gasteiger partial charge in [-0.15, -0.1) is 0 Å². The molecule has 0 spiro atoms. The predicted octanol–water partition coefficient (Wildman–Crippen LogP) is 7.23. The molecule has 178 valence electrons. The second kappa shape index (κ2) is 10.6. The van der Waals surface area contributed by atoms with Crippen LogP contribution in [-0.4, -0.2) is 24.5 Å². The molecule has 0 saturated carbocycles. The van der Waals surface area contributed by atoms with E-state index in [1.807, 2.05) is 32.0 Å². The Labute approximate surface area is 219 Å². The summed E-state index contributed by atoms with van der Waals surface area (Å²) in [6.45, 7) is 6.99. The van der Waals surface area contributed by atoms with Crippen molar-refractivity contribution in [1.29, 1.82) is 0 Å². The number of ether oxygens (including phenoxy) is 1. The maximum Gasteiger partial charge on any atom is 0.158 e. The van der Waals surface area contributed by atoms with E-state index in [0.717, 1.165) is 37.9 Å². The molecule has 2 aromatic carbocycles. The summed E-state index contributed by atoms with van der Waals surface area (Å²) < 4.78 is 25.9. The van der Waals surface area contributed by atoms with E-state index in [9.17, 15) is 4.39 Å². The first kappa shape index (κ1) is 24.9. The van der Waals surface area contributed by atoms with Gasteiger partial charge in [-0.25, -0.2) is 14.1 Å². The van der Waals surface area contributed by atoms with Crippen molar-refractivity contribution in [2.24, 2.45) is 0 Å². The van der Waals surface area contributed by atoms with Gasteiger partial charge in [-0.05, 0) is 72.1 Å².